The van der Waals surface area contributed by atoms with Gasteiger partial charge in [0.25, 0.3) is 0 Å². The number of imide groups is 1. The van der Waals surface area contributed by atoms with Crippen molar-refractivity contribution in [2.24, 2.45) is 17.1 Å². The Morgan fingerprint density at radius 3 is 2.35 bits per heavy atom. The maximum atomic E-state index is 12.1. The molecule has 2 rings (SSSR count). The SMILES string of the molecule is CC1(C)CC(=O)N(C2CCCC2CN)C(=O)C1. The van der Waals surface area contributed by atoms with Gasteiger partial charge in [0.1, 0.15) is 0 Å². The molecule has 0 aromatic heterocycles. The van der Waals surface area contributed by atoms with Crippen LogP contribution < -0.4 is 5.73 Å². The number of piperidine rings is 1. The first kappa shape index (κ1) is 12.6. The summed E-state index contributed by atoms with van der Waals surface area (Å²) in [7, 11) is 0. The van der Waals surface area contributed by atoms with Crippen molar-refractivity contribution in [1.29, 1.82) is 0 Å². The number of nitrogens with zero attached hydrogens (tertiary/aromatic N) is 1. The molecule has 1 saturated heterocycles. The molecule has 2 aliphatic rings. The molecule has 2 fully saturated rings. The van der Waals surface area contributed by atoms with Crippen molar-refractivity contribution in [2.45, 2.75) is 52.0 Å². The second-order valence-corrected chi connectivity index (χ2v) is 6.17. The number of nitrogens with two attached hydrogens (primary N) is 1. The number of hydrogen-bond donors (Lipinski definition) is 1. The van der Waals surface area contributed by atoms with E-state index in [4.69, 9.17) is 5.73 Å². The molecule has 1 heterocycles. The molecule has 96 valence electrons. The van der Waals surface area contributed by atoms with E-state index in [2.05, 4.69) is 0 Å². The lowest BCUT2D eigenvalue weighted by Gasteiger charge is -2.39. The minimum absolute atomic E-state index is 0.00315. The molecule has 0 spiro atoms. The number of likely N-dealkylation sites (tertiary alicyclic amines) is 1. The molecule has 2 N–H and O–H groups in total. The third-order valence-corrected chi connectivity index (χ3v) is 4.05. The molecular weight excluding hydrogens is 216 g/mol. The van der Waals surface area contributed by atoms with Gasteiger partial charge in [-0.05, 0) is 30.7 Å². The minimum Gasteiger partial charge on any atom is -0.330 e. The summed E-state index contributed by atoms with van der Waals surface area (Å²) in [6.07, 6.45) is 4.01. The largest absolute Gasteiger partial charge is 0.330 e. The Kier molecular flexibility index (Phi) is 3.25. The van der Waals surface area contributed by atoms with E-state index in [1.165, 1.54) is 4.90 Å². The van der Waals surface area contributed by atoms with Gasteiger partial charge in [-0.3, -0.25) is 14.5 Å². The predicted octanol–water partition coefficient (Wildman–Crippen LogP) is 1.29. The van der Waals surface area contributed by atoms with Gasteiger partial charge in [0, 0.05) is 18.9 Å². The molecular formula is C13H22N2O2. The Morgan fingerprint density at radius 1 is 1.24 bits per heavy atom. The van der Waals surface area contributed by atoms with E-state index < -0.39 is 0 Å². The van der Waals surface area contributed by atoms with Crippen LogP contribution in [0, 0.1) is 11.3 Å². The van der Waals surface area contributed by atoms with Gasteiger partial charge in [-0.2, -0.15) is 0 Å². The first-order chi connectivity index (χ1) is 7.94. The Morgan fingerprint density at radius 2 is 1.82 bits per heavy atom. The maximum absolute atomic E-state index is 12.1. The number of rotatable bonds is 2. The predicted molar refractivity (Wildman–Crippen MR) is 65.1 cm³/mol. The lowest BCUT2D eigenvalue weighted by molar-refractivity contribution is -0.156. The molecule has 4 heteroatoms. The normalized spacial score (nSPS) is 33.2. The van der Waals surface area contributed by atoms with Crippen molar-refractivity contribution < 1.29 is 9.59 Å². The molecule has 0 aromatic carbocycles. The van der Waals surface area contributed by atoms with Gasteiger partial charge >= 0.3 is 0 Å². The van der Waals surface area contributed by atoms with E-state index in [9.17, 15) is 9.59 Å². The fourth-order valence-corrected chi connectivity index (χ4v) is 3.19. The molecule has 2 amide bonds. The molecule has 1 saturated carbocycles. The van der Waals surface area contributed by atoms with Crippen molar-refractivity contribution in [1.82, 2.24) is 4.90 Å². The summed E-state index contributed by atoms with van der Waals surface area (Å²) in [6, 6.07) is 0.0658. The highest BCUT2D eigenvalue weighted by molar-refractivity contribution is 5.98. The van der Waals surface area contributed by atoms with Crippen LogP contribution in [0.1, 0.15) is 46.0 Å². The zero-order chi connectivity index (χ0) is 12.6. The zero-order valence-electron chi connectivity index (χ0n) is 10.7. The van der Waals surface area contributed by atoms with Crippen LogP contribution in [0.25, 0.3) is 0 Å². The van der Waals surface area contributed by atoms with Crippen LogP contribution in [0.4, 0.5) is 0 Å². The third kappa shape index (κ3) is 2.37. The highest BCUT2D eigenvalue weighted by Crippen LogP contribution is 2.37. The van der Waals surface area contributed by atoms with Gasteiger partial charge in [-0.15, -0.1) is 0 Å². The van der Waals surface area contributed by atoms with E-state index in [1.54, 1.807) is 0 Å². The number of hydrogen-bond acceptors (Lipinski definition) is 3. The average molecular weight is 238 g/mol. The second kappa shape index (κ2) is 4.41. The summed E-state index contributed by atoms with van der Waals surface area (Å²) in [4.78, 5) is 25.8. The summed E-state index contributed by atoms with van der Waals surface area (Å²) in [5, 5.41) is 0. The standard InChI is InChI=1S/C13H22N2O2/c1-13(2)6-11(16)15(12(17)7-13)10-5-3-4-9(10)8-14/h9-10H,3-8,14H2,1-2H3. The van der Waals surface area contributed by atoms with E-state index in [0.29, 0.717) is 25.3 Å². The van der Waals surface area contributed by atoms with Crippen molar-refractivity contribution in [2.75, 3.05) is 6.54 Å². The van der Waals surface area contributed by atoms with Crippen LogP contribution in [-0.4, -0.2) is 29.3 Å². The van der Waals surface area contributed by atoms with E-state index >= 15 is 0 Å². The van der Waals surface area contributed by atoms with Crippen LogP contribution in [0.15, 0.2) is 0 Å². The van der Waals surface area contributed by atoms with Crippen molar-refractivity contribution in [3.8, 4) is 0 Å². The van der Waals surface area contributed by atoms with E-state index in [1.807, 2.05) is 13.8 Å². The number of carbonyl (C=O) groups is 2. The monoisotopic (exact) mass is 238 g/mol. The molecule has 2 atom stereocenters. The summed E-state index contributed by atoms with van der Waals surface area (Å²) < 4.78 is 0. The summed E-state index contributed by atoms with van der Waals surface area (Å²) in [6.45, 7) is 4.54. The van der Waals surface area contributed by atoms with Gasteiger partial charge in [-0.1, -0.05) is 20.3 Å². The van der Waals surface area contributed by atoms with Gasteiger partial charge in [0.2, 0.25) is 11.8 Å². The van der Waals surface area contributed by atoms with Crippen molar-refractivity contribution in [3.63, 3.8) is 0 Å². The molecule has 1 aliphatic heterocycles. The molecule has 17 heavy (non-hydrogen) atoms. The summed E-state index contributed by atoms with van der Waals surface area (Å²) >= 11 is 0. The van der Waals surface area contributed by atoms with E-state index in [-0.39, 0.29) is 23.3 Å². The van der Waals surface area contributed by atoms with E-state index in [0.717, 1.165) is 19.3 Å². The molecule has 2 unspecified atom stereocenters. The Balaban J connectivity index is 2.16. The highest BCUT2D eigenvalue weighted by Gasteiger charge is 2.43. The molecule has 0 aromatic rings. The fourth-order valence-electron chi connectivity index (χ4n) is 3.19. The summed E-state index contributed by atoms with van der Waals surface area (Å²) in [5.41, 5.74) is 5.55. The van der Waals surface area contributed by atoms with Crippen molar-refractivity contribution >= 4 is 11.8 Å². The van der Waals surface area contributed by atoms with Crippen LogP contribution >= 0.6 is 0 Å². The second-order valence-electron chi connectivity index (χ2n) is 6.17. The molecule has 0 radical (unpaired) electrons. The lowest BCUT2D eigenvalue weighted by Crippen LogP contribution is -2.53. The quantitative estimate of drug-likeness (QED) is 0.737. The zero-order valence-corrected chi connectivity index (χ0v) is 10.7. The number of amides is 2. The lowest BCUT2D eigenvalue weighted by atomic mass is 9.80. The third-order valence-electron chi connectivity index (χ3n) is 4.05. The first-order valence-electron chi connectivity index (χ1n) is 6.49. The number of carbonyl (C=O) groups excluding carboxylic acids is 2. The maximum Gasteiger partial charge on any atom is 0.229 e. The topological polar surface area (TPSA) is 63.4 Å². The summed E-state index contributed by atoms with van der Waals surface area (Å²) in [5.74, 6) is 0.303. The van der Waals surface area contributed by atoms with Crippen LogP contribution in [0.3, 0.4) is 0 Å². The van der Waals surface area contributed by atoms with Gasteiger partial charge in [-0.25, -0.2) is 0 Å². The smallest absolute Gasteiger partial charge is 0.229 e. The Hall–Kier alpha value is -0.900. The average Bonchev–Trinajstić information content (AvgIpc) is 2.62. The molecule has 0 bridgehead atoms. The first-order valence-corrected chi connectivity index (χ1v) is 6.49. The highest BCUT2D eigenvalue weighted by atomic mass is 16.2. The van der Waals surface area contributed by atoms with Crippen molar-refractivity contribution in [3.05, 3.63) is 0 Å². The Labute approximate surface area is 103 Å². The molecule has 1 aliphatic carbocycles. The van der Waals surface area contributed by atoms with Crippen LogP contribution in [0.2, 0.25) is 0 Å². The Bertz CT molecular complexity index is 318. The van der Waals surface area contributed by atoms with Crippen LogP contribution in [0.5, 0.6) is 0 Å². The molecule has 4 nitrogen and oxygen atoms in total. The minimum atomic E-state index is -0.179. The van der Waals surface area contributed by atoms with Crippen LogP contribution in [-0.2, 0) is 9.59 Å². The van der Waals surface area contributed by atoms with Gasteiger partial charge < -0.3 is 5.73 Å². The van der Waals surface area contributed by atoms with Gasteiger partial charge in [0.05, 0.1) is 0 Å². The fraction of sp³-hybridized carbons (Fsp3) is 0.846. The van der Waals surface area contributed by atoms with Gasteiger partial charge in [0.15, 0.2) is 0 Å².